The number of hydrogen-bond donors (Lipinski definition) is 0. The van der Waals surface area contributed by atoms with Crippen LogP contribution >= 0.6 is 0 Å². The molecular formula is C29H40NSi+. The highest BCUT2D eigenvalue weighted by molar-refractivity contribution is 6.91. The molecule has 1 nitrogen and oxygen atoms in total. The fourth-order valence-corrected chi connectivity index (χ4v) is 6.95. The van der Waals surface area contributed by atoms with E-state index >= 15 is 0 Å². The van der Waals surface area contributed by atoms with Crippen molar-refractivity contribution in [3.63, 3.8) is 0 Å². The standard InChI is InChI=1S/C29H40NSi/c1-20(2)31(6,7)26-13-14-27-24(18-26)15-16-30(5)29(27)28-19-25(17-21(3)22(28)4)23-11-9-8-10-12-23/h13-20,23H,8-12H2,1-7H3/q+1. The molecule has 3 aromatic rings. The van der Waals surface area contributed by atoms with Crippen LogP contribution in [-0.4, -0.2) is 8.07 Å². The molecule has 1 heterocycles. The third kappa shape index (κ3) is 4.12. The molecule has 0 radical (unpaired) electrons. The molecule has 1 saturated carbocycles. The smallest absolute Gasteiger partial charge is 0.200 e. The van der Waals surface area contributed by atoms with Crippen molar-refractivity contribution in [2.75, 3.05) is 0 Å². The Morgan fingerprint density at radius 3 is 2.32 bits per heavy atom. The van der Waals surface area contributed by atoms with Crippen molar-refractivity contribution in [2.24, 2.45) is 7.05 Å². The van der Waals surface area contributed by atoms with Crippen LogP contribution < -0.4 is 9.75 Å². The maximum Gasteiger partial charge on any atom is 0.220 e. The van der Waals surface area contributed by atoms with Gasteiger partial charge in [0.15, 0.2) is 6.20 Å². The Labute approximate surface area is 190 Å². The molecule has 2 heteroatoms. The van der Waals surface area contributed by atoms with E-state index in [2.05, 4.69) is 95.0 Å². The minimum Gasteiger partial charge on any atom is -0.200 e. The molecule has 0 aliphatic heterocycles. The van der Waals surface area contributed by atoms with Gasteiger partial charge in [-0.2, -0.15) is 0 Å². The molecule has 164 valence electrons. The lowest BCUT2D eigenvalue weighted by molar-refractivity contribution is -0.659. The summed E-state index contributed by atoms with van der Waals surface area (Å²) in [7, 11) is 0.763. The van der Waals surface area contributed by atoms with E-state index in [0.717, 1.165) is 11.5 Å². The van der Waals surface area contributed by atoms with Crippen LogP contribution in [0.25, 0.3) is 22.0 Å². The van der Waals surface area contributed by atoms with E-state index in [4.69, 9.17) is 0 Å². The van der Waals surface area contributed by atoms with Gasteiger partial charge in [0.05, 0.1) is 19.0 Å². The molecule has 2 aromatic carbocycles. The summed E-state index contributed by atoms with van der Waals surface area (Å²) in [4.78, 5) is 0. The van der Waals surface area contributed by atoms with Gasteiger partial charge in [0.2, 0.25) is 5.69 Å². The topological polar surface area (TPSA) is 3.88 Å². The van der Waals surface area contributed by atoms with Gasteiger partial charge in [0, 0.05) is 6.07 Å². The number of benzene rings is 2. The van der Waals surface area contributed by atoms with E-state index in [1.807, 2.05) is 0 Å². The number of nitrogens with zero attached hydrogens (tertiary/aromatic N) is 1. The van der Waals surface area contributed by atoms with Crippen LogP contribution in [-0.2, 0) is 7.05 Å². The zero-order valence-corrected chi connectivity index (χ0v) is 21.7. The van der Waals surface area contributed by atoms with Gasteiger partial charge in [-0.25, -0.2) is 4.57 Å². The zero-order chi connectivity index (χ0) is 22.3. The maximum absolute atomic E-state index is 2.52. The van der Waals surface area contributed by atoms with Crippen molar-refractivity contribution >= 4 is 24.0 Å². The fraction of sp³-hybridized carbons (Fsp3) is 0.483. The Morgan fingerprint density at radius 1 is 0.935 bits per heavy atom. The number of hydrogen-bond acceptors (Lipinski definition) is 0. The molecule has 1 aliphatic carbocycles. The Bertz CT molecular complexity index is 1100. The quantitative estimate of drug-likeness (QED) is 0.301. The minimum atomic E-state index is -1.44. The molecule has 0 unspecified atom stereocenters. The van der Waals surface area contributed by atoms with Crippen LogP contribution in [0.15, 0.2) is 42.6 Å². The van der Waals surface area contributed by atoms with Gasteiger partial charge < -0.3 is 0 Å². The lowest BCUT2D eigenvalue weighted by atomic mass is 9.81. The van der Waals surface area contributed by atoms with Crippen molar-refractivity contribution in [3.8, 4) is 11.3 Å². The Hall–Kier alpha value is -1.93. The molecule has 0 bridgehead atoms. The number of aryl methyl sites for hydroxylation is 2. The molecule has 0 atom stereocenters. The fourth-order valence-electron chi connectivity index (χ4n) is 5.25. The first-order valence-corrected chi connectivity index (χ1v) is 15.3. The molecule has 31 heavy (non-hydrogen) atoms. The molecule has 1 fully saturated rings. The first-order valence-electron chi connectivity index (χ1n) is 12.2. The number of rotatable bonds is 4. The average Bonchev–Trinajstić information content (AvgIpc) is 2.76. The second kappa shape index (κ2) is 8.54. The Balaban J connectivity index is 1.89. The number of fused-ring (bicyclic) bond motifs is 1. The molecule has 0 N–H and O–H groups in total. The van der Waals surface area contributed by atoms with E-state index in [1.54, 1.807) is 10.8 Å². The molecule has 0 amide bonds. The Morgan fingerprint density at radius 2 is 1.65 bits per heavy atom. The van der Waals surface area contributed by atoms with Gasteiger partial charge >= 0.3 is 0 Å². The second-order valence-electron chi connectivity index (χ2n) is 10.8. The highest BCUT2D eigenvalue weighted by Gasteiger charge is 2.28. The van der Waals surface area contributed by atoms with Crippen LogP contribution in [0.4, 0.5) is 0 Å². The van der Waals surface area contributed by atoms with Gasteiger partial charge in [-0.05, 0) is 72.4 Å². The van der Waals surface area contributed by atoms with Gasteiger partial charge in [-0.1, -0.05) is 69.6 Å². The van der Waals surface area contributed by atoms with E-state index in [1.165, 1.54) is 65.3 Å². The van der Waals surface area contributed by atoms with Crippen LogP contribution in [0.1, 0.15) is 68.6 Å². The average molecular weight is 431 g/mol. The van der Waals surface area contributed by atoms with Crippen molar-refractivity contribution in [2.45, 2.75) is 84.4 Å². The lowest BCUT2D eigenvalue weighted by Gasteiger charge is -2.28. The highest BCUT2D eigenvalue weighted by Crippen LogP contribution is 2.37. The van der Waals surface area contributed by atoms with Crippen molar-refractivity contribution in [1.29, 1.82) is 0 Å². The molecule has 0 saturated heterocycles. The summed E-state index contributed by atoms with van der Waals surface area (Å²) < 4.78 is 2.33. The van der Waals surface area contributed by atoms with E-state index < -0.39 is 8.07 Å². The summed E-state index contributed by atoms with van der Waals surface area (Å²) in [6, 6.07) is 14.6. The van der Waals surface area contributed by atoms with E-state index in [0.29, 0.717) is 0 Å². The van der Waals surface area contributed by atoms with Gasteiger partial charge in [0.1, 0.15) is 7.05 Å². The van der Waals surface area contributed by atoms with Crippen LogP contribution in [0.3, 0.4) is 0 Å². The Kier molecular flexibility index (Phi) is 6.13. The predicted molar refractivity (Wildman–Crippen MR) is 138 cm³/mol. The van der Waals surface area contributed by atoms with E-state index in [9.17, 15) is 0 Å². The highest BCUT2D eigenvalue weighted by atomic mass is 28.3. The summed E-state index contributed by atoms with van der Waals surface area (Å²) in [5.41, 5.74) is 7.93. The van der Waals surface area contributed by atoms with Gasteiger partial charge in [0.25, 0.3) is 0 Å². The summed E-state index contributed by atoms with van der Waals surface area (Å²) in [6.45, 7) is 14.4. The molecule has 0 spiro atoms. The third-order valence-electron chi connectivity index (χ3n) is 8.35. The molecule has 1 aliphatic rings. The van der Waals surface area contributed by atoms with Gasteiger partial charge in [-0.3, -0.25) is 0 Å². The summed E-state index contributed by atoms with van der Waals surface area (Å²) in [5.74, 6) is 0.733. The molecule has 4 rings (SSSR count). The van der Waals surface area contributed by atoms with Crippen LogP contribution in [0, 0.1) is 13.8 Å². The zero-order valence-electron chi connectivity index (χ0n) is 20.7. The van der Waals surface area contributed by atoms with Crippen molar-refractivity contribution in [1.82, 2.24) is 0 Å². The van der Waals surface area contributed by atoms with Crippen molar-refractivity contribution < 1.29 is 4.57 Å². The summed E-state index contributed by atoms with van der Waals surface area (Å²) in [5, 5.41) is 4.33. The second-order valence-corrected chi connectivity index (χ2v) is 16.0. The van der Waals surface area contributed by atoms with E-state index in [-0.39, 0.29) is 0 Å². The monoisotopic (exact) mass is 430 g/mol. The van der Waals surface area contributed by atoms with Crippen LogP contribution in [0.5, 0.6) is 0 Å². The number of pyridine rings is 1. The SMILES string of the molecule is Cc1cc(C2CCCCC2)cc(-c2c3ccc([Si](C)(C)C(C)C)cc3cc[n+]2C)c1C. The normalized spacial score (nSPS) is 15.7. The van der Waals surface area contributed by atoms with Gasteiger partial charge in [-0.15, -0.1) is 0 Å². The summed E-state index contributed by atoms with van der Waals surface area (Å²) >= 11 is 0. The predicted octanol–water partition coefficient (Wildman–Crippen LogP) is 7.32. The first-order chi connectivity index (χ1) is 14.7. The van der Waals surface area contributed by atoms with Crippen molar-refractivity contribution in [3.05, 3.63) is 59.3 Å². The maximum atomic E-state index is 2.52. The number of aromatic nitrogens is 1. The molecule has 1 aromatic heterocycles. The largest absolute Gasteiger partial charge is 0.220 e. The summed E-state index contributed by atoms with van der Waals surface area (Å²) in [6.07, 6.45) is 9.13. The minimum absolute atomic E-state index is 0.733. The molecular weight excluding hydrogens is 390 g/mol. The third-order valence-corrected chi connectivity index (χ3v) is 13.0. The lowest BCUT2D eigenvalue weighted by Crippen LogP contribution is -2.44. The first kappa shape index (κ1) is 22.3. The van der Waals surface area contributed by atoms with Crippen LogP contribution in [0.2, 0.25) is 18.6 Å².